The zero-order valence-electron chi connectivity index (χ0n) is 12.6. The van der Waals surface area contributed by atoms with Crippen molar-refractivity contribution < 1.29 is 18.7 Å². The van der Waals surface area contributed by atoms with Crippen molar-refractivity contribution in [3.63, 3.8) is 0 Å². The lowest BCUT2D eigenvalue weighted by atomic mass is 10.1. The molecule has 0 bridgehead atoms. The highest BCUT2D eigenvalue weighted by atomic mass is 19.1. The Morgan fingerprint density at radius 3 is 2.76 bits per heavy atom. The number of halogens is 1. The molecule has 0 spiro atoms. The first-order chi connectivity index (χ1) is 10.1. The van der Waals surface area contributed by atoms with Crippen molar-refractivity contribution in [1.29, 1.82) is 0 Å². The number of nitrogen functional groups attached to an aromatic ring is 1. The number of nitrogens with two attached hydrogens (primary N) is 1. The minimum Gasteiger partial charge on any atom is -0.462 e. The molecule has 0 saturated heterocycles. The van der Waals surface area contributed by atoms with E-state index in [4.69, 9.17) is 15.2 Å². The van der Waals surface area contributed by atoms with Crippen LogP contribution in [0, 0.1) is 5.82 Å². The molecule has 0 aromatic heterocycles. The fourth-order valence-corrected chi connectivity index (χ4v) is 1.88. The second kappa shape index (κ2) is 9.18. The van der Waals surface area contributed by atoms with Gasteiger partial charge in [0.25, 0.3) is 0 Å². The third kappa shape index (κ3) is 5.59. The van der Waals surface area contributed by atoms with Gasteiger partial charge in [-0.25, -0.2) is 9.18 Å². The van der Waals surface area contributed by atoms with Crippen molar-refractivity contribution in [2.45, 2.75) is 26.2 Å². The first kappa shape index (κ1) is 17.2. The summed E-state index contributed by atoms with van der Waals surface area (Å²) >= 11 is 0. The zero-order valence-corrected chi connectivity index (χ0v) is 12.6. The maximum atomic E-state index is 13.8. The lowest BCUT2D eigenvalue weighted by molar-refractivity contribution is 0.0527. The van der Waals surface area contributed by atoms with E-state index >= 15 is 0 Å². The second-order valence-corrected chi connectivity index (χ2v) is 4.62. The van der Waals surface area contributed by atoms with E-state index in [9.17, 15) is 9.18 Å². The van der Waals surface area contributed by atoms with Gasteiger partial charge < -0.3 is 20.5 Å². The van der Waals surface area contributed by atoms with Crippen LogP contribution in [0.4, 0.5) is 15.8 Å². The van der Waals surface area contributed by atoms with Gasteiger partial charge in [0.05, 0.1) is 17.9 Å². The standard InChI is InChI=1S/C15H23FN2O3/c1-3-21-15(19)11-9-14(12(16)10-13(11)17)18-7-5-4-6-8-20-2/h9-10,18H,3-8,17H2,1-2H3. The Morgan fingerprint density at radius 2 is 2.10 bits per heavy atom. The zero-order chi connectivity index (χ0) is 15.7. The van der Waals surface area contributed by atoms with E-state index in [0.29, 0.717) is 6.54 Å². The number of anilines is 2. The molecular weight excluding hydrogens is 275 g/mol. The third-order valence-corrected chi connectivity index (χ3v) is 2.98. The van der Waals surface area contributed by atoms with Crippen LogP contribution in [-0.4, -0.2) is 32.8 Å². The number of rotatable bonds is 9. The van der Waals surface area contributed by atoms with Crippen LogP contribution in [0.15, 0.2) is 12.1 Å². The molecule has 0 amide bonds. The van der Waals surface area contributed by atoms with Crippen molar-refractivity contribution >= 4 is 17.3 Å². The molecule has 0 heterocycles. The van der Waals surface area contributed by atoms with E-state index in [-0.39, 0.29) is 23.5 Å². The van der Waals surface area contributed by atoms with Gasteiger partial charge in [-0.05, 0) is 38.3 Å². The van der Waals surface area contributed by atoms with E-state index in [2.05, 4.69) is 5.32 Å². The highest BCUT2D eigenvalue weighted by molar-refractivity contribution is 5.96. The molecule has 0 saturated carbocycles. The normalized spacial score (nSPS) is 10.4. The molecule has 0 fully saturated rings. The highest BCUT2D eigenvalue weighted by Crippen LogP contribution is 2.23. The van der Waals surface area contributed by atoms with Crippen LogP contribution in [0.3, 0.4) is 0 Å². The molecule has 5 nitrogen and oxygen atoms in total. The number of benzene rings is 1. The number of carbonyl (C=O) groups excluding carboxylic acids is 1. The number of nitrogens with one attached hydrogen (secondary N) is 1. The monoisotopic (exact) mass is 298 g/mol. The number of ether oxygens (including phenoxy) is 2. The van der Waals surface area contributed by atoms with E-state index in [1.807, 2.05) is 0 Å². The quantitative estimate of drug-likeness (QED) is 0.416. The van der Waals surface area contributed by atoms with Gasteiger partial charge in [0.1, 0.15) is 5.82 Å². The summed E-state index contributed by atoms with van der Waals surface area (Å²) in [7, 11) is 1.67. The second-order valence-electron chi connectivity index (χ2n) is 4.62. The molecule has 6 heteroatoms. The lowest BCUT2D eigenvalue weighted by Crippen LogP contribution is -2.11. The van der Waals surface area contributed by atoms with Crippen LogP contribution in [0.2, 0.25) is 0 Å². The molecule has 0 aliphatic rings. The van der Waals surface area contributed by atoms with Crippen LogP contribution in [0.1, 0.15) is 36.5 Å². The Morgan fingerprint density at radius 1 is 1.33 bits per heavy atom. The molecule has 1 aromatic rings. The van der Waals surface area contributed by atoms with Crippen LogP contribution < -0.4 is 11.1 Å². The Hall–Kier alpha value is -1.82. The summed E-state index contributed by atoms with van der Waals surface area (Å²) in [5, 5.41) is 2.98. The van der Waals surface area contributed by atoms with Gasteiger partial charge >= 0.3 is 5.97 Å². The summed E-state index contributed by atoms with van der Waals surface area (Å²) in [5.74, 6) is -1.02. The van der Waals surface area contributed by atoms with Gasteiger partial charge in [-0.2, -0.15) is 0 Å². The van der Waals surface area contributed by atoms with E-state index in [1.165, 1.54) is 6.07 Å². The van der Waals surface area contributed by atoms with Gasteiger partial charge in [-0.15, -0.1) is 0 Å². The number of esters is 1. The molecule has 1 rings (SSSR count). The van der Waals surface area contributed by atoms with Crippen LogP contribution >= 0.6 is 0 Å². The van der Waals surface area contributed by atoms with E-state index < -0.39 is 11.8 Å². The fourth-order valence-electron chi connectivity index (χ4n) is 1.88. The Labute approximate surface area is 124 Å². The van der Waals surface area contributed by atoms with Gasteiger partial charge in [0, 0.05) is 25.9 Å². The predicted molar refractivity (Wildman–Crippen MR) is 81.0 cm³/mol. The van der Waals surface area contributed by atoms with E-state index in [1.54, 1.807) is 14.0 Å². The largest absolute Gasteiger partial charge is 0.462 e. The fraction of sp³-hybridized carbons (Fsp3) is 0.533. The molecule has 1 aromatic carbocycles. The van der Waals surface area contributed by atoms with Crippen molar-refractivity contribution in [3.8, 4) is 0 Å². The summed E-state index contributed by atoms with van der Waals surface area (Å²) in [4.78, 5) is 11.7. The van der Waals surface area contributed by atoms with Gasteiger partial charge in [0.2, 0.25) is 0 Å². The predicted octanol–water partition coefficient (Wildman–Crippen LogP) is 2.81. The Balaban J connectivity index is 2.61. The van der Waals surface area contributed by atoms with Crippen molar-refractivity contribution in [1.82, 2.24) is 0 Å². The molecule has 118 valence electrons. The Kier molecular flexibility index (Phi) is 7.53. The molecule has 0 aliphatic heterocycles. The maximum Gasteiger partial charge on any atom is 0.340 e. The molecule has 0 unspecified atom stereocenters. The SMILES string of the molecule is CCOC(=O)c1cc(NCCCCCOC)c(F)cc1N. The van der Waals surface area contributed by atoms with Crippen LogP contribution in [0.25, 0.3) is 0 Å². The van der Waals surface area contributed by atoms with Gasteiger partial charge in [0.15, 0.2) is 0 Å². The molecule has 21 heavy (non-hydrogen) atoms. The van der Waals surface area contributed by atoms with Crippen molar-refractivity contribution in [2.24, 2.45) is 0 Å². The minimum atomic E-state index is -0.543. The summed E-state index contributed by atoms with van der Waals surface area (Å²) in [6.45, 7) is 3.30. The number of hydrogen-bond donors (Lipinski definition) is 2. The molecule has 0 atom stereocenters. The summed E-state index contributed by atoms with van der Waals surface area (Å²) in [5.41, 5.74) is 6.17. The average molecular weight is 298 g/mol. The summed E-state index contributed by atoms with van der Waals surface area (Å²) in [6, 6.07) is 2.54. The number of unbranched alkanes of at least 4 members (excludes halogenated alkanes) is 2. The van der Waals surface area contributed by atoms with Crippen molar-refractivity contribution in [3.05, 3.63) is 23.5 Å². The lowest BCUT2D eigenvalue weighted by Gasteiger charge is -2.11. The first-order valence-corrected chi connectivity index (χ1v) is 7.09. The number of carbonyl (C=O) groups is 1. The number of hydrogen-bond acceptors (Lipinski definition) is 5. The van der Waals surface area contributed by atoms with E-state index in [0.717, 1.165) is 31.9 Å². The smallest absolute Gasteiger partial charge is 0.340 e. The molecule has 0 radical (unpaired) electrons. The highest BCUT2D eigenvalue weighted by Gasteiger charge is 2.14. The van der Waals surface area contributed by atoms with Gasteiger partial charge in [-0.3, -0.25) is 0 Å². The molecular formula is C15H23FN2O3. The number of methoxy groups -OCH3 is 1. The topological polar surface area (TPSA) is 73.6 Å². The van der Waals surface area contributed by atoms with Crippen molar-refractivity contribution in [2.75, 3.05) is 37.9 Å². The average Bonchev–Trinajstić information content (AvgIpc) is 2.44. The minimum absolute atomic E-state index is 0.0802. The third-order valence-electron chi connectivity index (χ3n) is 2.98. The van der Waals surface area contributed by atoms with Gasteiger partial charge in [-0.1, -0.05) is 0 Å². The first-order valence-electron chi connectivity index (χ1n) is 7.09. The summed E-state index contributed by atoms with van der Waals surface area (Å²) in [6.07, 6.45) is 2.85. The summed E-state index contributed by atoms with van der Waals surface area (Å²) < 4.78 is 23.6. The maximum absolute atomic E-state index is 13.8. The Bertz CT molecular complexity index is 466. The van der Waals surface area contributed by atoms with Crippen LogP contribution in [-0.2, 0) is 9.47 Å². The molecule has 0 aliphatic carbocycles. The van der Waals surface area contributed by atoms with Crippen LogP contribution in [0.5, 0.6) is 0 Å². The molecule has 3 N–H and O–H groups in total.